The molecule has 6 nitrogen and oxygen atoms in total. The van der Waals surface area contributed by atoms with Gasteiger partial charge in [-0.15, -0.1) is 0 Å². The van der Waals surface area contributed by atoms with Crippen LogP contribution in [0.2, 0.25) is 0 Å². The molecule has 0 radical (unpaired) electrons. The van der Waals surface area contributed by atoms with Crippen LogP contribution in [0.25, 0.3) is 0 Å². The third-order valence-corrected chi connectivity index (χ3v) is 3.31. The Morgan fingerprint density at radius 2 is 2.44 bits per heavy atom. The van der Waals surface area contributed by atoms with Gasteiger partial charge in [0, 0.05) is 13.1 Å². The Balaban J connectivity index is 1.90. The van der Waals surface area contributed by atoms with Gasteiger partial charge in [-0.25, -0.2) is 9.97 Å². The van der Waals surface area contributed by atoms with Gasteiger partial charge in [0.1, 0.15) is 9.21 Å². The van der Waals surface area contributed by atoms with Crippen LogP contribution in [0.15, 0.2) is 15.4 Å². The number of nitrogens with zero attached hydrogens (tertiary/aromatic N) is 2. The summed E-state index contributed by atoms with van der Waals surface area (Å²) < 4.78 is 6.55. The summed E-state index contributed by atoms with van der Waals surface area (Å²) in [5.74, 6) is 0.271. The number of carbonyl (C=O) groups excluding carboxylic acids is 1. The molecule has 1 atom stereocenters. The molecule has 8 heteroatoms. The molecule has 2 N–H and O–H groups in total. The fraction of sp³-hybridized carbons (Fsp3) is 0.500. The highest BCUT2D eigenvalue weighted by atomic mass is 79.9. The normalized spacial score (nSPS) is 19.6. The molecule has 1 saturated heterocycles. The van der Waals surface area contributed by atoms with Crippen molar-refractivity contribution in [2.24, 2.45) is 0 Å². The molecule has 0 aliphatic carbocycles. The molecule has 1 aromatic rings. The fourth-order valence-electron chi connectivity index (χ4n) is 1.57. The molecule has 0 aromatic carbocycles. The summed E-state index contributed by atoms with van der Waals surface area (Å²) in [5.41, 5.74) is 0. The number of aromatic nitrogens is 2. The Labute approximate surface area is 121 Å². The number of halogens is 2. The van der Waals surface area contributed by atoms with Crippen LogP contribution in [-0.2, 0) is 9.53 Å². The molecule has 18 heavy (non-hydrogen) atoms. The summed E-state index contributed by atoms with van der Waals surface area (Å²) in [6.07, 6.45) is 1.75. The highest BCUT2D eigenvalue weighted by Gasteiger charge is 2.18. The number of ether oxygens (including phenoxy) is 1. The highest BCUT2D eigenvalue weighted by molar-refractivity contribution is 9.11. The predicted octanol–water partition coefficient (Wildman–Crippen LogP) is 1.32. The average Bonchev–Trinajstić information content (AvgIpc) is 2.34. The van der Waals surface area contributed by atoms with E-state index >= 15 is 0 Å². The topological polar surface area (TPSA) is 76.1 Å². The summed E-state index contributed by atoms with van der Waals surface area (Å²) in [5, 5.41) is 5.87. The number of hydrogen-bond donors (Lipinski definition) is 2. The second-order valence-electron chi connectivity index (χ2n) is 3.78. The van der Waals surface area contributed by atoms with Crippen LogP contribution in [0.4, 0.5) is 5.82 Å². The van der Waals surface area contributed by atoms with E-state index in [2.05, 4.69) is 52.5 Å². The van der Waals surface area contributed by atoms with Crippen LogP contribution in [0.5, 0.6) is 0 Å². The summed E-state index contributed by atoms with van der Waals surface area (Å²) in [6.45, 7) is 2.17. The summed E-state index contributed by atoms with van der Waals surface area (Å²) in [4.78, 5) is 20.0. The Kier molecular flexibility index (Phi) is 5.04. The standard InChI is InChI=1S/C10H12Br2N4O2/c11-7-5-14-10(9(12)15-7)16-8(17)3-6-4-13-1-2-18-6/h5-6,13H,1-4H2,(H,14,16,17). The minimum atomic E-state index is -0.138. The number of amides is 1. The van der Waals surface area contributed by atoms with Gasteiger partial charge in [-0.2, -0.15) is 0 Å². The van der Waals surface area contributed by atoms with Gasteiger partial charge < -0.3 is 15.4 Å². The van der Waals surface area contributed by atoms with Gasteiger partial charge in [0.2, 0.25) is 5.91 Å². The van der Waals surface area contributed by atoms with Crippen molar-refractivity contribution >= 4 is 43.6 Å². The van der Waals surface area contributed by atoms with E-state index in [1.165, 1.54) is 6.20 Å². The summed E-state index contributed by atoms with van der Waals surface area (Å²) >= 11 is 6.44. The van der Waals surface area contributed by atoms with E-state index in [1.54, 1.807) is 0 Å². The fourth-order valence-corrected chi connectivity index (χ4v) is 2.48. The lowest BCUT2D eigenvalue weighted by molar-refractivity contribution is -0.119. The predicted molar refractivity (Wildman–Crippen MR) is 73.3 cm³/mol. The van der Waals surface area contributed by atoms with E-state index in [0.29, 0.717) is 34.6 Å². The van der Waals surface area contributed by atoms with E-state index in [4.69, 9.17) is 4.74 Å². The van der Waals surface area contributed by atoms with Crippen molar-refractivity contribution in [3.63, 3.8) is 0 Å². The Morgan fingerprint density at radius 1 is 1.61 bits per heavy atom. The second-order valence-corrected chi connectivity index (χ2v) is 5.34. The molecule has 98 valence electrons. The Hall–Kier alpha value is -0.570. The third-order valence-electron chi connectivity index (χ3n) is 2.38. The van der Waals surface area contributed by atoms with E-state index in [-0.39, 0.29) is 12.0 Å². The first-order chi connectivity index (χ1) is 8.65. The molecular weight excluding hydrogens is 368 g/mol. The first kappa shape index (κ1) is 13.9. The molecular formula is C10H12Br2N4O2. The number of nitrogens with one attached hydrogen (secondary N) is 2. The largest absolute Gasteiger partial charge is 0.375 e. The molecule has 1 unspecified atom stereocenters. The van der Waals surface area contributed by atoms with Crippen molar-refractivity contribution in [3.05, 3.63) is 15.4 Å². The highest BCUT2D eigenvalue weighted by Crippen LogP contribution is 2.19. The minimum absolute atomic E-state index is 0.0825. The van der Waals surface area contributed by atoms with Crippen molar-refractivity contribution < 1.29 is 9.53 Å². The van der Waals surface area contributed by atoms with Gasteiger partial charge in [-0.05, 0) is 31.9 Å². The molecule has 1 aliphatic heterocycles. The number of anilines is 1. The maximum Gasteiger partial charge on any atom is 0.228 e. The number of hydrogen-bond acceptors (Lipinski definition) is 5. The van der Waals surface area contributed by atoms with Gasteiger partial charge in [-0.1, -0.05) is 0 Å². The molecule has 1 aliphatic rings. The zero-order valence-corrected chi connectivity index (χ0v) is 12.6. The molecule has 1 aromatic heterocycles. The van der Waals surface area contributed by atoms with Crippen LogP contribution in [0.1, 0.15) is 6.42 Å². The Bertz CT molecular complexity index is 438. The van der Waals surface area contributed by atoms with Gasteiger partial charge in [0.05, 0.1) is 25.3 Å². The van der Waals surface area contributed by atoms with Crippen molar-refractivity contribution in [1.82, 2.24) is 15.3 Å². The molecule has 1 fully saturated rings. The maximum atomic E-state index is 11.8. The number of carbonyl (C=O) groups is 1. The van der Waals surface area contributed by atoms with E-state index in [0.717, 1.165) is 6.54 Å². The summed E-state index contributed by atoms with van der Waals surface area (Å²) in [6, 6.07) is 0. The lowest BCUT2D eigenvalue weighted by Gasteiger charge is -2.22. The quantitative estimate of drug-likeness (QED) is 0.828. The summed E-state index contributed by atoms with van der Waals surface area (Å²) in [7, 11) is 0. The van der Waals surface area contributed by atoms with Gasteiger partial charge >= 0.3 is 0 Å². The van der Waals surface area contributed by atoms with Crippen molar-refractivity contribution in [3.8, 4) is 0 Å². The molecule has 0 bridgehead atoms. The third kappa shape index (κ3) is 3.98. The lowest BCUT2D eigenvalue weighted by Crippen LogP contribution is -2.40. The molecule has 0 spiro atoms. The smallest absolute Gasteiger partial charge is 0.228 e. The van der Waals surface area contributed by atoms with Crippen LogP contribution in [0, 0.1) is 0 Å². The first-order valence-corrected chi connectivity index (χ1v) is 7.04. The first-order valence-electron chi connectivity index (χ1n) is 5.45. The van der Waals surface area contributed by atoms with Crippen LogP contribution in [0.3, 0.4) is 0 Å². The molecule has 2 rings (SSSR count). The van der Waals surface area contributed by atoms with Crippen molar-refractivity contribution in [1.29, 1.82) is 0 Å². The SMILES string of the molecule is O=C(CC1CNCCO1)Nc1ncc(Br)nc1Br. The Morgan fingerprint density at radius 3 is 3.11 bits per heavy atom. The molecule has 0 saturated carbocycles. The number of morpholine rings is 1. The van der Waals surface area contributed by atoms with Gasteiger partial charge in [0.25, 0.3) is 0 Å². The molecule has 1 amide bonds. The van der Waals surface area contributed by atoms with Gasteiger partial charge in [0.15, 0.2) is 5.82 Å². The second kappa shape index (κ2) is 6.55. The van der Waals surface area contributed by atoms with E-state index < -0.39 is 0 Å². The zero-order valence-electron chi connectivity index (χ0n) is 9.45. The van der Waals surface area contributed by atoms with Crippen LogP contribution >= 0.6 is 31.9 Å². The minimum Gasteiger partial charge on any atom is -0.375 e. The monoisotopic (exact) mass is 378 g/mol. The zero-order chi connectivity index (χ0) is 13.0. The van der Waals surface area contributed by atoms with Crippen molar-refractivity contribution in [2.45, 2.75) is 12.5 Å². The average molecular weight is 380 g/mol. The number of rotatable bonds is 3. The van der Waals surface area contributed by atoms with Crippen LogP contribution in [-0.4, -0.2) is 41.7 Å². The molecule has 2 heterocycles. The maximum absolute atomic E-state index is 11.8. The van der Waals surface area contributed by atoms with E-state index in [1.807, 2.05) is 0 Å². The lowest BCUT2D eigenvalue weighted by atomic mass is 10.2. The van der Waals surface area contributed by atoms with E-state index in [9.17, 15) is 4.79 Å². The van der Waals surface area contributed by atoms with Gasteiger partial charge in [-0.3, -0.25) is 4.79 Å². The van der Waals surface area contributed by atoms with Crippen molar-refractivity contribution in [2.75, 3.05) is 25.0 Å². The van der Waals surface area contributed by atoms with Crippen LogP contribution < -0.4 is 10.6 Å².